The number of hydrogen-bond donors (Lipinski definition) is 4. The molecule has 0 spiro atoms. The highest BCUT2D eigenvalue weighted by atomic mass is 32.2. The molecule has 9 heteroatoms. The quantitative estimate of drug-likeness (QED) is 0.562. The van der Waals surface area contributed by atoms with Crippen molar-refractivity contribution >= 4 is 21.7 Å². The number of carbonyl (C=O) groups excluding carboxylic acids is 1. The molecule has 130 valence electrons. The molecule has 8 nitrogen and oxygen atoms in total. The van der Waals surface area contributed by atoms with Gasteiger partial charge in [-0.15, -0.1) is 0 Å². The van der Waals surface area contributed by atoms with Crippen LogP contribution >= 0.6 is 0 Å². The monoisotopic (exact) mass is 345 g/mol. The molecule has 1 atom stereocenters. The molecular formula is C14H23N3O5S. The van der Waals surface area contributed by atoms with E-state index in [4.69, 9.17) is 10.2 Å². The van der Waals surface area contributed by atoms with Crippen molar-refractivity contribution in [1.82, 2.24) is 9.62 Å². The second-order valence-electron chi connectivity index (χ2n) is 5.31. The Labute approximate surface area is 136 Å². The molecule has 23 heavy (non-hydrogen) atoms. The largest absolute Gasteiger partial charge is 0.394 e. The zero-order chi connectivity index (χ0) is 17.6. The Hall–Kier alpha value is -1.68. The SMILES string of the molecule is CC(C)N(C)S(=O)(=O)c1ccc(NC(=O)NCC(O)CO)cc1. The second kappa shape index (κ2) is 8.25. The summed E-state index contributed by atoms with van der Waals surface area (Å²) < 4.78 is 25.8. The van der Waals surface area contributed by atoms with Crippen LogP contribution in [0.4, 0.5) is 10.5 Å². The number of hydrogen-bond acceptors (Lipinski definition) is 5. The molecule has 1 aromatic carbocycles. The fourth-order valence-corrected chi connectivity index (χ4v) is 2.97. The molecule has 1 unspecified atom stereocenters. The van der Waals surface area contributed by atoms with Gasteiger partial charge in [-0.2, -0.15) is 4.31 Å². The minimum Gasteiger partial charge on any atom is -0.394 e. The molecule has 0 fully saturated rings. The average Bonchev–Trinajstić information content (AvgIpc) is 2.52. The van der Waals surface area contributed by atoms with Crippen molar-refractivity contribution in [3.63, 3.8) is 0 Å². The third-order valence-electron chi connectivity index (χ3n) is 3.23. The molecule has 0 radical (unpaired) electrons. The summed E-state index contributed by atoms with van der Waals surface area (Å²) in [7, 11) is -2.06. The van der Waals surface area contributed by atoms with Gasteiger partial charge >= 0.3 is 6.03 Å². The first-order chi connectivity index (χ1) is 10.7. The van der Waals surface area contributed by atoms with E-state index in [2.05, 4.69) is 10.6 Å². The number of nitrogens with zero attached hydrogens (tertiary/aromatic N) is 1. The van der Waals surface area contributed by atoms with Crippen LogP contribution in [0.3, 0.4) is 0 Å². The molecule has 2 amide bonds. The van der Waals surface area contributed by atoms with E-state index in [-0.39, 0.29) is 17.5 Å². The van der Waals surface area contributed by atoms with Crippen molar-refractivity contribution in [2.75, 3.05) is 25.5 Å². The normalized spacial score (nSPS) is 13.2. The maximum absolute atomic E-state index is 12.3. The van der Waals surface area contributed by atoms with Crippen molar-refractivity contribution in [1.29, 1.82) is 0 Å². The Morgan fingerprint density at radius 1 is 1.26 bits per heavy atom. The number of anilines is 1. The van der Waals surface area contributed by atoms with Gasteiger partial charge in [0.15, 0.2) is 0 Å². The van der Waals surface area contributed by atoms with Gasteiger partial charge in [-0.1, -0.05) is 0 Å². The molecule has 0 bridgehead atoms. The number of rotatable bonds is 7. The van der Waals surface area contributed by atoms with Gasteiger partial charge in [-0.25, -0.2) is 13.2 Å². The highest BCUT2D eigenvalue weighted by Crippen LogP contribution is 2.18. The predicted octanol–water partition coefficient (Wildman–Crippen LogP) is 0.190. The Morgan fingerprint density at radius 3 is 2.30 bits per heavy atom. The average molecular weight is 345 g/mol. The zero-order valence-corrected chi connectivity index (χ0v) is 14.2. The molecule has 4 N–H and O–H groups in total. The van der Waals surface area contributed by atoms with E-state index < -0.39 is 28.8 Å². The van der Waals surface area contributed by atoms with Gasteiger partial charge in [0, 0.05) is 25.3 Å². The Kier molecular flexibility index (Phi) is 6.95. The number of aliphatic hydroxyl groups excluding tert-OH is 2. The topological polar surface area (TPSA) is 119 Å². The summed E-state index contributed by atoms with van der Waals surface area (Å²) in [6.45, 7) is 3.02. The number of urea groups is 1. The second-order valence-corrected chi connectivity index (χ2v) is 7.31. The van der Waals surface area contributed by atoms with Crippen molar-refractivity contribution in [2.45, 2.75) is 30.9 Å². The molecule has 0 aliphatic rings. The summed E-state index contributed by atoms with van der Waals surface area (Å²) in [5.41, 5.74) is 0.409. The fourth-order valence-electron chi connectivity index (χ4n) is 1.60. The van der Waals surface area contributed by atoms with Crippen LogP contribution in [0, 0.1) is 0 Å². The van der Waals surface area contributed by atoms with Crippen molar-refractivity contribution in [3.8, 4) is 0 Å². The van der Waals surface area contributed by atoms with Crippen LogP contribution in [0.25, 0.3) is 0 Å². The van der Waals surface area contributed by atoms with Gasteiger partial charge in [-0.3, -0.25) is 0 Å². The lowest BCUT2D eigenvalue weighted by Gasteiger charge is -2.21. The van der Waals surface area contributed by atoms with E-state index in [1.807, 2.05) is 0 Å². The Morgan fingerprint density at radius 2 is 1.83 bits per heavy atom. The smallest absolute Gasteiger partial charge is 0.319 e. The maximum atomic E-state index is 12.3. The molecule has 0 heterocycles. The Balaban J connectivity index is 2.72. The van der Waals surface area contributed by atoms with Crippen LogP contribution in [0.1, 0.15) is 13.8 Å². The highest BCUT2D eigenvalue weighted by molar-refractivity contribution is 7.89. The summed E-state index contributed by atoms with van der Waals surface area (Å²) in [6.07, 6.45) is -1.03. The number of sulfonamides is 1. The molecule has 0 aliphatic carbocycles. The van der Waals surface area contributed by atoms with Gasteiger partial charge in [0.1, 0.15) is 0 Å². The first-order valence-corrected chi connectivity index (χ1v) is 8.54. The summed E-state index contributed by atoms with van der Waals surface area (Å²) >= 11 is 0. The summed E-state index contributed by atoms with van der Waals surface area (Å²) in [6, 6.07) is 5.04. The lowest BCUT2D eigenvalue weighted by atomic mass is 10.3. The third-order valence-corrected chi connectivity index (χ3v) is 5.27. The van der Waals surface area contributed by atoms with E-state index in [1.54, 1.807) is 13.8 Å². The minimum atomic E-state index is -3.56. The summed E-state index contributed by atoms with van der Waals surface area (Å²) in [5.74, 6) is 0. The first-order valence-electron chi connectivity index (χ1n) is 7.10. The number of carbonyl (C=O) groups is 1. The van der Waals surface area contributed by atoms with Crippen LogP contribution in [0.2, 0.25) is 0 Å². The summed E-state index contributed by atoms with van der Waals surface area (Å²) in [4.78, 5) is 11.7. The van der Waals surface area contributed by atoms with Crippen molar-refractivity contribution in [2.24, 2.45) is 0 Å². The van der Waals surface area contributed by atoms with Gasteiger partial charge in [0.2, 0.25) is 10.0 Å². The minimum absolute atomic E-state index is 0.0893. The first kappa shape index (κ1) is 19.4. The van der Waals surface area contributed by atoms with Crippen LogP contribution in [-0.4, -0.2) is 61.3 Å². The summed E-state index contributed by atoms with van der Waals surface area (Å²) in [5, 5.41) is 22.7. The lowest BCUT2D eigenvalue weighted by molar-refractivity contribution is 0.0965. The maximum Gasteiger partial charge on any atom is 0.319 e. The van der Waals surface area contributed by atoms with E-state index in [9.17, 15) is 13.2 Å². The molecular weight excluding hydrogens is 322 g/mol. The number of amides is 2. The molecule has 1 aromatic rings. The van der Waals surface area contributed by atoms with Crippen LogP contribution in [-0.2, 0) is 10.0 Å². The van der Waals surface area contributed by atoms with Crippen molar-refractivity contribution < 1.29 is 23.4 Å². The van der Waals surface area contributed by atoms with Crippen LogP contribution in [0.5, 0.6) is 0 Å². The predicted molar refractivity (Wildman–Crippen MR) is 86.6 cm³/mol. The number of aliphatic hydroxyl groups is 2. The van der Waals surface area contributed by atoms with E-state index in [0.29, 0.717) is 5.69 Å². The molecule has 0 saturated heterocycles. The fraction of sp³-hybridized carbons (Fsp3) is 0.500. The van der Waals surface area contributed by atoms with Gasteiger partial charge in [-0.05, 0) is 38.1 Å². The van der Waals surface area contributed by atoms with Crippen LogP contribution in [0.15, 0.2) is 29.2 Å². The van der Waals surface area contributed by atoms with E-state index >= 15 is 0 Å². The Bertz CT molecular complexity index is 616. The van der Waals surface area contributed by atoms with Gasteiger partial charge < -0.3 is 20.8 Å². The van der Waals surface area contributed by atoms with Gasteiger partial charge in [0.05, 0.1) is 17.6 Å². The zero-order valence-electron chi connectivity index (χ0n) is 13.4. The van der Waals surface area contributed by atoms with Crippen LogP contribution < -0.4 is 10.6 Å². The lowest BCUT2D eigenvalue weighted by Crippen LogP contribution is -2.36. The highest BCUT2D eigenvalue weighted by Gasteiger charge is 2.22. The molecule has 0 aromatic heterocycles. The number of nitrogens with one attached hydrogen (secondary N) is 2. The van der Waals surface area contributed by atoms with E-state index in [0.717, 1.165) is 0 Å². The van der Waals surface area contributed by atoms with Gasteiger partial charge in [0.25, 0.3) is 0 Å². The standard InChI is InChI=1S/C14H23N3O5S/c1-10(2)17(3)23(21,22)13-6-4-11(5-7-13)16-14(20)15-8-12(19)9-18/h4-7,10,12,18-19H,8-9H2,1-3H3,(H2,15,16,20). The third kappa shape index (κ3) is 5.47. The van der Waals surface area contributed by atoms with Crippen molar-refractivity contribution in [3.05, 3.63) is 24.3 Å². The molecule has 0 aliphatic heterocycles. The number of benzene rings is 1. The molecule has 1 rings (SSSR count). The molecule has 0 saturated carbocycles. The van der Waals surface area contributed by atoms with E-state index in [1.165, 1.54) is 35.6 Å².